The molecule has 1 aliphatic rings. The van der Waals surface area contributed by atoms with Crippen LogP contribution in [0.5, 0.6) is 0 Å². The Bertz CT molecular complexity index is 671. The van der Waals surface area contributed by atoms with Crippen LogP contribution >= 0.6 is 0 Å². The lowest BCUT2D eigenvalue weighted by atomic mass is 9.91. The number of anilines is 1. The van der Waals surface area contributed by atoms with E-state index in [0.717, 1.165) is 6.92 Å². The molecule has 2 unspecified atom stereocenters. The standard InChI is InChI=1S/C16H20N4O4/c1-9(21)24-16(23)13(8-17)12-6-7-20(15(12)22)11-4-2-10(3-5-11)14(18)19/h2-5,12-13H,6-8,17H2,1H3,(H3,18,19). The van der Waals surface area contributed by atoms with E-state index in [1.807, 2.05) is 0 Å². The summed E-state index contributed by atoms with van der Waals surface area (Å²) in [7, 11) is 0. The van der Waals surface area contributed by atoms with Gasteiger partial charge in [-0.25, -0.2) is 0 Å². The first-order valence-electron chi connectivity index (χ1n) is 7.53. The maximum Gasteiger partial charge on any atom is 0.318 e. The molecule has 1 aromatic rings. The number of ether oxygens (including phenoxy) is 1. The number of esters is 2. The first-order chi connectivity index (χ1) is 11.3. The van der Waals surface area contributed by atoms with Crippen LogP contribution in [-0.4, -0.2) is 36.8 Å². The van der Waals surface area contributed by atoms with Crippen LogP contribution in [-0.2, 0) is 19.1 Å². The number of carbonyl (C=O) groups excluding carboxylic acids is 3. The van der Waals surface area contributed by atoms with Crippen molar-refractivity contribution in [3.63, 3.8) is 0 Å². The number of nitrogens with two attached hydrogens (primary N) is 2. The molecule has 8 heteroatoms. The molecule has 2 atom stereocenters. The summed E-state index contributed by atoms with van der Waals surface area (Å²) >= 11 is 0. The van der Waals surface area contributed by atoms with Gasteiger partial charge >= 0.3 is 11.9 Å². The first-order valence-corrected chi connectivity index (χ1v) is 7.53. The molecule has 1 amide bonds. The maximum absolute atomic E-state index is 12.6. The van der Waals surface area contributed by atoms with Gasteiger partial charge in [-0.15, -0.1) is 0 Å². The van der Waals surface area contributed by atoms with E-state index in [4.69, 9.17) is 16.9 Å². The fourth-order valence-electron chi connectivity index (χ4n) is 2.79. The van der Waals surface area contributed by atoms with Crippen molar-refractivity contribution in [1.82, 2.24) is 0 Å². The Kier molecular flexibility index (Phi) is 5.30. The Morgan fingerprint density at radius 3 is 2.50 bits per heavy atom. The molecule has 1 aliphatic heterocycles. The average Bonchev–Trinajstić information content (AvgIpc) is 2.89. The monoisotopic (exact) mass is 332 g/mol. The Labute approximate surface area is 139 Å². The van der Waals surface area contributed by atoms with Gasteiger partial charge in [-0.05, 0) is 30.7 Å². The van der Waals surface area contributed by atoms with Crippen LogP contribution in [0.15, 0.2) is 24.3 Å². The molecule has 8 nitrogen and oxygen atoms in total. The molecular weight excluding hydrogens is 312 g/mol. The molecule has 0 bridgehead atoms. The summed E-state index contributed by atoms with van der Waals surface area (Å²) in [6, 6.07) is 6.70. The summed E-state index contributed by atoms with van der Waals surface area (Å²) in [5.41, 5.74) is 12.2. The Hall–Kier alpha value is -2.74. The largest absolute Gasteiger partial charge is 0.393 e. The lowest BCUT2D eigenvalue weighted by Crippen LogP contribution is -2.38. The van der Waals surface area contributed by atoms with Gasteiger partial charge in [-0.1, -0.05) is 0 Å². The van der Waals surface area contributed by atoms with Gasteiger partial charge in [0, 0.05) is 31.3 Å². The summed E-state index contributed by atoms with van der Waals surface area (Å²) in [5, 5.41) is 7.38. The van der Waals surface area contributed by atoms with Gasteiger partial charge in [0.15, 0.2) is 0 Å². The lowest BCUT2D eigenvalue weighted by molar-refractivity contribution is -0.163. The fourth-order valence-corrected chi connectivity index (χ4v) is 2.79. The SMILES string of the molecule is CC(=O)OC(=O)C(CN)C1CCN(c2ccc(C(=N)N)cc2)C1=O. The molecule has 0 radical (unpaired) electrons. The number of nitrogen functional groups attached to an aromatic ring is 1. The van der Waals surface area contributed by atoms with Crippen molar-refractivity contribution in [2.24, 2.45) is 23.3 Å². The number of amidine groups is 1. The number of carbonyl (C=O) groups is 3. The van der Waals surface area contributed by atoms with Crippen molar-refractivity contribution in [2.75, 3.05) is 18.0 Å². The molecule has 0 saturated carbocycles. The van der Waals surface area contributed by atoms with E-state index < -0.39 is 23.8 Å². The van der Waals surface area contributed by atoms with Gasteiger partial charge in [0.2, 0.25) is 5.91 Å². The third kappa shape index (κ3) is 3.60. The van der Waals surface area contributed by atoms with E-state index in [-0.39, 0.29) is 18.3 Å². The molecule has 0 aliphatic carbocycles. The zero-order chi connectivity index (χ0) is 17.9. The number of amides is 1. The number of hydrogen-bond acceptors (Lipinski definition) is 6. The van der Waals surface area contributed by atoms with Gasteiger partial charge in [0.05, 0.1) is 11.8 Å². The molecular formula is C16H20N4O4. The predicted octanol–water partition coefficient (Wildman–Crippen LogP) is -0.0118. The van der Waals surface area contributed by atoms with E-state index in [0.29, 0.717) is 24.2 Å². The minimum absolute atomic E-state index is 0.0534. The maximum atomic E-state index is 12.6. The highest BCUT2D eigenvalue weighted by Gasteiger charge is 2.41. The van der Waals surface area contributed by atoms with Crippen LogP contribution in [0.1, 0.15) is 18.9 Å². The smallest absolute Gasteiger partial charge is 0.318 e. The first kappa shape index (κ1) is 17.6. The quantitative estimate of drug-likeness (QED) is 0.300. The zero-order valence-corrected chi connectivity index (χ0v) is 13.3. The molecule has 24 heavy (non-hydrogen) atoms. The minimum atomic E-state index is -0.845. The van der Waals surface area contributed by atoms with Gasteiger partial charge < -0.3 is 21.1 Å². The van der Waals surface area contributed by atoms with Gasteiger partial charge in [0.25, 0.3) is 0 Å². The Morgan fingerprint density at radius 2 is 2.00 bits per heavy atom. The van der Waals surface area contributed by atoms with E-state index >= 15 is 0 Å². The number of rotatable bonds is 5. The molecule has 2 rings (SSSR count). The third-order valence-corrected chi connectivity index (χ3v) is 4.02. The summed E-state index contributed by atoms with van der Waals surface area (Å²) in [6.07, 6.45) is 0.447. The van der Waals surface area contributed by atoms with Crippen LogP contribution in [0.4, 0.5) is 5.69 Å². The molecule has 0 spiro atoms. The fraction of sp³-hybridized carbons (Fsp3) is 0.375. The van der Waals surface area contributed by atoms with Crippen molar-refractivity contribution in [1.29, 1.82) is 5.41 Å². The second-order valence-corrected chi connectivity index (χ2v) is 5.60. The van der Waals surface area contributed by atoms with Crippen molar-refractivity contribution in [2.45, 2.75) is 13.3 Å². The molecule has 128 valence electrons. The van der Waals surface area contributed by atoms with Gasteiger partial charge in [-0.3, -0.25) is 19.8 Å². The summed E-state index contributed by atoms with van der Waals surface area (Å²) in [6.45, 7) is 1.50. The topological polar surface area (TPSA) is 140 Å². The molecule has 1 saturated heterocycles. The third-order valence-electron chi connectivity index (χ3n) is 4.02. The molecule has 5 N–H and O–H groups in total. The van der Waals surface area contributed by atoms with E-state index in [1.54, 1.807) is 29.2 Å². The summed E-state index contributed by atoms with van der Waals surface area (Å²) < 4.78 is 4.58. The highest BCUT2D eigenvalue weighted by Crippen LogP contribution is 2.30. The summed E-state index contributed by atoms with van der Waals surface area (Å²) in [5.74, 6) is -3.24. The number of benzene rings is 1. The second kappa shape index (κ2) is 7.22. The number of nitrogens with one attached hydrogen (secondary N) is 1. The summed E-state index contributed by atoms with van der Waals surface area (Å²) in [4.78, 5) is 37.1. The van der Waals surface area contributed by atoms with Crippen molar-refractivity contribution >= 4 is 29.4 Å². The molecule has 1 heterocycles. The Balaban J connectivity index is 2.14. The van der Waals surface area contributed by atoms with E-state index in [1.165, 1.54) is 0 Å². The normalized spacial score (nSPS) is 18.3. The molecule has 1 aromatic carbocycles. The van der Waals surface area contributed by atoms with Gasteiger partial charge in [0.1, 0.15) is 5.84 Å². The van der Waals surface area contributed by atoms with Crippen LogP contribution in [0.25, 0.3) is 0 Å². The van der Waals surface area contributed by atoms with E-state index in [2.05, 4.69) is 4.74 Å². The predicted molar refractivity (Wildman–Crippen MR) is 87.2 cm³/mol. The van der Waals surface area contributed by atoms with Crippen LogP contribution < -0.4 is 16.4 Å². The van der Waals surface area contributed by atoms with E-state index in [9.17, 15) is 14.4 Å². The highest BCUT2D eigenvalue weighted by molar-refractivity contribution is 6.01. The second-order valence-electron chi connectivity index (χ2n) is 5.60. The van der Waals surface area contributed by atoms with Crippen molar-refractivity contribution in [3.05, 3.63) is 29.8 Å². The number of nitrogens with zero attached hydrogens (tertiary/aromatic N) is 1. The van der Waals surface area contributed by atoms with Gasteiger partial charge in [-0.2, -0.15) is 0 Å². The Morgan fingerprint density at radius 1 is 1.38 bits per heavy atom. The molecule has 0 aromatic heterocycles. The van der Waals surface area contributed by atoms with Crippen LogP contribution in [0.2, 0.25) is 0 Å². The van der Waals surface area contributed by atoms with Crippen LogP contribution in [0.3, 0.4) is 0 Å². The van der Waals surface area contributed by atoms with Crippen LogP contribution in [0, 0.1) is 17.2 Å². The zero-order valence-electron chi connectivity index (χ0n) is 13.3. The molecule has 1 fully saturated rings. The minimum Gasteiger partial charge on any atom is -0.393 e. The lowest BCUT2D eigenvalue weighted by Gasteiger charge is -2.20. The van der Waals surface area contributed by atoms with Crippen molar-refractivity contribution < 1.29 is 19.1 Å². The number of hydrogen-bond donors (Lipinski definition) is 3. The van der Waals surface area contributed by atoms with Crippen molar-refractivity contribution in [3.8, 4) is 0 Å². The average molecular weight is 332 g/mol. The highest BCUT2D eigenvalue weighted by atomic mass is 16.6.